The van der Waals surface area contributed by atoms with E-state index in [2.05, 4.69) is 14.9 Å². The summed E-state index contributed by atoms with van der Waals surface area (Å²) in [6.45, 7) is 1.49. The van der Waals surface area contributed by atoms with Crippen molar-refractivity contribution in [3.05, 3.63) is 113 Å². The minimum Gasteiger partial charge on any atom is -0.370 e. The third-order valence-corrected chi connectivity index (χ3v) is 9.40. The molecule has 10 heteroatoms. The number of amides is 1. The molecule has 218 valence electrons. The van der Waals surface area contributed by atoms with E-state index in [-0.39, 0.29) is 21.5 Å². The van der Waals surface area contributed by atoms with Gasteiger partial charge in [-0.1, -0.05) is 65.7 Å². The largest absolute Gasteiger partial charge is 0.370 e. The van der Waals surface area contributed by atoms with Crippen LogP contribution in [0.3, 0.4) is 0 Å². The Balaban J connectivity index is 1.39. The zero-order valence-electron chi connectivity index (χ0n) is 23.1. The average molecular weight is 632 g/mol. The summed E-state index contributed by atoms with van der Waals surface area (Å²) in [4.78, 5) is 20.7. The highest BCUT2D eigenvalue weighted by molar-refractivity contribution is 7.93. The fourth-order valence-corrected chi connectivity index (χ4v) is 6.97. The number of carbonyl (C=O) groups excluding carboxylic acids is 1. The van der Waals surface area contributed by atoms with Crippen LogP contribution in [0, 0.1) is 0 Å². The molecule has 2 heterocycles. The number of fused-ring (bicyclic) bond motifs is 1. The zero-order chi connectivity index (χ0) is 30.0. The van der Waals surface area contributed by atoms with Gasteiger partial charge in [0.2, 0.25) is 0 Å². The van der Waals surface area contributed by atoms with Gasteiger partial charge in [0.15, 0.2) is 0 Å². The number of piperidine rings is 1. The molecule has 1 fully saturated rings. The van der Waals surface area contributed by atoms with E-state index in [0.29, 0.717) is 38.6 Å². The number of nitrogens with zero attached hydrogens (tertiary/aromatic N) is 2. The molecule has 0 saturated carbocycles. The number of sulfonamides is 1. The number of aromatic nitrogens is 1. The van der Waals surface area contributed by atoms with Gasteiger partial charge >= 0.3 is 0 Å². The molecular formula is C33H28Cl2N4O3S. The summed E-state index contributed by atoms with van der Waals surface area (Å²) in [6, 6.07) is 28.1. The van der Waals surface area contributed by atoms with Gasteiger partial charge in [-0.15, -0.1) is 0 Å². The van der Waals surface area contributed by atoms with Crippen LogP contribution in [0.1, 0.15) is 29.6 Å². The van der Waals surface area contributed by atoms with Gasteiger partial charge in [0.25, 0.3) is 15.9 Å². The lowest BCUT2D eigenvalue weighted by Gasteiger charge is -2.30. The first-order chi connectivity index (χ1) is 20.8. The molecule has 1 aliphatic heterocycles. The van der Waals surface area contributed by atoms with Crippen LogP contribution >= 0.6 is 23.2 Å². The van der Waals surface area contributed by atoms with Crippen LogP contribution in [-0.4, -0.2) is 32.4 Å². The summed E-state index contributed by atoms with van der Waals surface area (Å²) >= 11 is 12.4. The van der Waals surface area contributed by atoms with Gasteiger partial charge in [0.1, 0.15) is 4.90 Å². The lowest BCUT2D eigenvalue weighted by molar-refractivity contribution is 0.102. The zero-order valence-corrected chi connectivity index (χ0v) is 25.4. The summed E-state index contributed by atoms with van der Waals surface area (Å²) in [5, 5.41) is 4.50. The van der Waals surface area contributed by atoms with E-state index in [1.54, 1.807) is 54.6 Å². The summed E-state index contributed by atoms with van der Waals surface area (Å²) in [6.07, 6.45) is 3.05. The smallest absolute Gasteiger partial charge is 0.264 e. The van der Waals surface area contributed by atoms with Crippen LogP contribution in [0.15, 0.2) is 102 Å². The molecule has 6 rings (SSSR count). The van der Waals surface area contributed by atoms with Crippen LogP contribution < -0.4 is 14.9 Å². The third kappa shape index (κ3) is 6.32. The molecule has 0 bridgehead atoms. The first-order valence-corrected chi connectivity index (χ1v) is 16.2. The lowest BCUT2D eigenvalue weighted by Crippen LogP contribution is -2.31. The van der Waals surface area contributed by atoms with E-state index in [1.165, 1.54) is 6.07 Å². The number of halogens is 2. The van der Waals surface area contributed by atoms with Crippen molar-refractivity contribution in [2.24, 2.45) is 0 Å². The van der Waals surface area contributed by atoms with Gasteiger partial charge in [-0.2, -0.15) is 0 Å². The predicted molar refractivity (Wildman–Crippen MR) is 175 cm³/mol. The van der Waals surface area contributed by atoms with Crippen LogP contribution in [0.5, 0.6) is 0 Å². The van der Waals surface area contributed by atoms with Crippen molar-refractivity contribution in [3.63, 3.8) is 0 Å². The van der Waals surface area contributed by atoms with E-state index < -0.39 is 10.0 Å². The Kier molecular flexibility index (Phi) is 8.25. The van der Waals surface area contributed by atoms with Crippen molar-refractivity contribution >= 4 is 67.1 Å². The minimum absolute atomic E-state index is 0.0635. The lowest BCUT2D eigenvalue weighted by atomic mass is 10.0. The standard InChI is InChI=1S/C33H28Cl2N4O3S/c34-23-14-12-22(13-15-23)30-21-26(25-8-2-4-10-28(25)37-30)33(40)36-24-16-17-31(39-18-6-1-7-19-39)32(20-24)43(41,42)38-29-11-5-3-9-27(29)35/h2-5,8-17,20-21,38H,1,6-7,18-19H2,(H,36,40). The van der Waals surface area contributed by atoms with Crippen LogP contribution in [0.25, 0.3) is 22.2 Å². The Bertz CT molecular complexity index is 1930. The maximum Gasteiger partial charge on any atom is 0.264 e. The summed E-state index contributed by atoms with van der Waals surface area (Å²) in [5.74, 6) is -0.387. The number of benzene rings is 4. The number of pyridine rings is 1. The number of nitrogens with one attached hydrogen (secondary N) is 2. The number of carbonyl (C=O) groups is 1. The second-order valence-corrected chi connectivity index (χ2v) is 12.8. The van der Waals surface area contributed by atoms with Gasteiger partial charge < -0.3 is 10.2 Å². The molecule has 0 unspecified atom stereocenters. The molecule has 1 aromatic heterocycles. The van der Waals surface area contributed by atoms with Crippen molar-refractivity contribution in [2.45, 2.75) is 24.2 Å². The van der Waals surface area contributed by atoms with Crippen molar-refractivity contribution in [1.82, 2.24) is 4.98 Å². The second-order valence-electron chi connectivity index (χ2n) is 10.3. The number of hydrogen-bond acceptors (Lipinski definition) is 5. The van der Waals surface area contributed by atoms with E-state index in [1.807, 2.05) is 36.4 Å². The molecule has 0 spiro atoms. The summed E-state index contributed by atoms with van der Waals surface area (Å²) in [5.41, 5.74) is 3.71. The van der Waals surface area contributed by atoms with E-state index in [9.17, 15) is 13.2 Å². The first-order valence-electron chi connectivity index (χ1n) is 13.9. The second kappa shape index (κ2) is 12.2. The highest BCUT2D eigenvalue weighted by Gasteiger charge is 2.25. The highest BCUT2D eigenvalue weighted by atomic mass is 35.5. The van der Waals surface area contributed by atoms with Crippen LogP contribution in [0.4, 0.5) is 17.1 Å². The molecule has 1 aliphatic rings. The van der Waals surface area contributed by atoms with Gasteiger partial charge in [-0.3, -0.25) is 9.52 Å². The molecule has 7 nitrogen and oxygen atoms in total. The number of hydrogen-bond donors (Lipinski definition) is 2. The Morgan fingerprint density at radius 3 is 2.30 bits per heavy atom. The first kappa shape index (κ1) is 29.0. The molecule has 0 aliphatic carbocycles. The van der Waals surface area contributed by atoms with Crippen molar-refractivity contribution in [2.75, 3.05) is 28.0 Å². The Hall–Kier alpha value is -4.11. The quantitative estimate of drug-likeness (QED) is 0.189. The molecule has 2 N–H and O–H groups in total. The number of rotatable bonds is 7. The van der Waals surface area contributed by atoms with Crippen molar-refractivity contribution in [3.8, 4) is 11.3 Å². The topological polar surface area (TPSA) is 91.4 Å². The maximum absolute atomic E-state index is 13.8. The Morgan fingerprint density at radius 2 is 1.53 bits per heavy atom. The fourth-order valence-electron chi connectivity index (χ4n) is 5.28. The van der Waals surface area contributed by atoms with E-state index >= 15 is 0 Å². The van der Waals surface area contributed by atoms with Gasteiger partial charge in [0, 0.05) is 34.7 Å². The van der Waals surface area contributed by atoms with Crippen molar-refractivity contribution < 1.29 is 13.2 Å². The molecule has 5 aromatic rings. The van der Waals surface area contributed by atoms with Gasteiger partial charge in [-0.05, 0) is 73.9 Å². The molecule has 0 atom stereocenters. The normalized spacial score (nSPS) is 13.6. The Labute approximate surface area is 260 Å². The van der Waals surface area contributed by atoms with Crippen LogP contribution in [0.2, 0.25) is 10.0 Å². The molecule has 1 amide bonds. The fraction of sp³-hybridized carbons (Fsp3) is 0.152. The summed E-state index contributed by atoms with van der Waals surface area (Å²) < 4.78 is 30.2. The van der Waals surface area contributed by atoms with E-state index in [4.69, 9.17) is 28.2 Å². The highest BCUT2D eigenvalue weighted by Crippen LogP contribution is 2.34. The summed E-state index contributed by atoms with van der Waals surface area (Å²) in [7, 11) is -4.07. The van der Waals surface area contributed by atoms with Crippen LogP contribution in [-0.2, 0) is 10.0 Å². The molecule has 0 radical (unpaired) electrons. The predicted octanol–water partition coefficient (Wildman–Crippen LogP) is 8.25. The number of anilines is 3. The van der Waals surface area contributed by atoms with Crippen molar-refractivity contribution in [1.29, 1.82) is 0 Å². The maximum atomic E-state index is 13.8. The molecule has 1 saturated heterocycles. The van der Waals surface area contributed by atoms with E-state index in [0.717, 1.165) is 37.9 Å². The SMILES string of the molecule is O=C(Nc1ccc(N2CCCCC2)c(S(=O)(=O)Nc2ccccc2Cl)c1)c1cc(-c2ccc(Cl)cc2)nc2ccccc12. The number of para-hydroxylation sites is 2. The van der Waals surface area contributed by atoms with Gasteiger partial charge in [0.05, 0.1) is 33.2 Å². The Morgan fingerprint density at radius 1 is 0.814 bits per heavy atom. The molecule has 43 heavy (non-hydrogen) atoms. The monoisotopic (exact) mass is 630 g/mol. The third-order valence-electron chi connectivity index (χ3n) is 7.42. The minimum atomic E-state index is -4.07. The van der Waals surface area contributed by atoms with Gasteiger partial charge in [-0.25, -0.2) is 13.4 Å². The molecule has 4 aromatic carbocycles. The average Bonchev–Trinajstić information content (AvgIpc) is 3.02. The molecular weight excluding hydrogens is 603 g/mol.